The molecule has 1 heterocycles. The molecule has 1 aromatic heterocycles. The van der Waals surface area contributed by atoms with E-state index in [0.717, 1.165) is 18.4 Å². The Hall–Kier alpha value is -1.66. The molecular formula is C14H18ClN5O. The summed E-state index contributed by atoms with van der Waals surface area (Å²) in [4.78, 5) is 0. The van der Waals surface area contributed by atoms with E-state index in [1.54, 1.807) is 16.8 Å². The fourth-order valence-electron chi connectivity index (χ4n) is 2.59. The van der Waals surface area contributed by atoms with Crippen molar-refractivity contribution >= 4 is 17.3 Å². The topological polar surface area (TPSA) is 78.9 Å². The van der Waals surface area contributed by atoms with Gasteiger partial charge in [-0.2, -0.15) is 0 Å². The second-order valence-electron chi connectivity index (χ2n) is 5.24. The number of benzene rings is 1. The Balaban J connectivity index is 1.66. The zero-order chi connectivity index (χ0) is 14.7. The predicted octanol–water partition coefficient (Wildman–Crippen LogP) is 2.53. The number of hydrogen-bond donors (Lipinski definition) is 1. The smallest absolute Gasteiger partial charge is 0.182 e. The Labute approximate surface area is 128 Å². The molecule has 1 fully saturated rings. The minimum atomic E-state index is 0.399. The highest BCUT2D eigenvalue weighted by Gasteiger charge is 2.16. The Bertz CT molecular complexity index is 609. The minimum Gasteiger partial charge on any atom is -0.398 e. The number of ether oxygens (including phenoxy) is 1. The molecule has 0 bridgehead atoms. The van der Waals surface area contributed by atoms with E-state index in [0.29, 0.717) is 35.8 Å². The normalized spacial score (nSPS) is 15.7. The number of halogens is 1. The maximum absolute atomic E-state index is 6.05. The Morgan fingerprint density at radius 3 is 2.90 bits per heavy atom. The van der Waals surface area contributed by atoms with Gasteiger partial charge in [0.05, 0.1) is 30.0 Å². The van der Waals surface area contributed by atoms with Crippen LogP contribution in [0.1, 0.15) is 25.7 Å². The van der Waals surface area contributed by atoms with E-state index in [4.69, 9.17) is 22.1 Å². The van der Waals surface area contributed by atoms with E-state index in [-0.39, 0.29) is 0 Å². The number of nitrogens with two attached hydrogens (primary N) is 1. The first kappa shape index (κ1) is 14.3. The molecule has 1 aromatic carbocycles. The van der Waals surface area contributed by atoms with Crippen LogP contribution in [0.15, 0.2) is 18.2 Å². The molecule has 2 N–H and O–H groups in total. The SMILES string of the molecule is Nc1ccc(-c2nnnn2CCOC2CCCC2)cc1Cl. The number of nitrogens with zero attached hydrogens (tertiary/aromatic N) is 4. The Morgan fingerprint density at radius 1 is 1.33 bits per heavy atom. The van der Waals surface area contributed by atoms with Crippen LogP contribution in [-0.4, -0.2) is 32.9 Å². The molecule has 0 unspecified atom stereocenters. The Kier molecular flexibility index (Phi) is 4.36. The van der Waals surface area contributed by atoms with Crippen LogP contribution in [0.5, 0.6) is 0 Å². The lowest BCUT2D eigenvalue weighted by molar-refractivity contribution is 0.0514. The summed E-state index contributed by atoms with van der Waals surface area (Å²) in [5, 5.41) is 12.3. The van der Waals surface area contributed by atoms with E-state index in [9.17, 15) is 0 Å². The number of nitrogen functional groups attached to an aromatic ring is 1. The summed E-state index contributed by atoms with van der Waals surface area (Å²) in [7, 11) is 0. The summed E-state index contributed by atoms with van der Waals surface area (Å²) in [6.45, 7) is 1.24. The molecular weight excluding hydrogens is 290 g/mol. The molecule has 3 rings (SSSR count). The van der Waals surface area contributed by atoms with Gasteiger partial charge in [0.15, 0.2) is 5.82 Å². The molecule has 0 radical (unpaired) electrons. The third-order valence-corrected chi connectivity index (χ3v) is 4.08. The van der Waals surface area contributed by atoms with E-state index >= 15 is 0 Å². The van der Waals surface area contributed by atoms with Gasteiger partial charge in [-0.3, -0.25) is 0 Å². The highest BCUT2D eigenvalue weighted by atomic mass is 35.5. The molecule has 112 valence electrons. The van der Waals surface area contributed by atoms with Gasteiger partial charge < -0.3 is 10.5 Å². The average Bonchev–Trinajstić information content (AvgIpc) is 3.13. The number of rotatable bonds is 5. The minimum absolute atomic E-state index is 0.399. The summed E-state index contributed by atoms with van der Waals surface area (Å²) in [5.41, 5.74) is 7.11. The summed E-state index contributed by atoms with van der Waals surface area (Å²) in [6.07, 6.45) is 5.26. The second kappa shape index (κ2) is 6.41. The lowest BCUT2D eigenvalue weighted by Gasteiger charge is -2.11. The van der Waals surface area contributed by atoms with E-state index in [1.165, 1.54) is 12.8 Å². The van der Waals surface area contributed by atoms with Crippen LogP contribution < -0.4 is 5.73 Å². The van der Waals surface area contributed by atoms with Crippen molar-refractivity contribution in [3.8, 4) is 11.4 Å². The standard InChI is InChI=1S/C14H18ClN5O/c15-12-9-10(5-6-13(12)16)14-17-18-19-20(14)7-8-21-11-3-1-2-4-11/h5-6,9,11H,1-4,7-8,16H2. The van der Waals surface area contributed by atoms with Gasteiger partial charge in [0, 0.05) is 5.56 Å². The van der Waals surface area contributed by atoms with Crippen LogP contribution in [0, 0.1) is 0 Å². The van der Waals surface area contributed by atoms with Gasteiger partial charge in [-0.1, -0.05) is 24.4 Å². The predicted molar refractivity (Wildman–Crippen MR) is 80.9 cm³/mol. The van der Waals surface area contributed by atoms with Crippen LogP contribution in [0.4, 0.5) is 5.69 Å². The van der Waals surface area contributed by atoms with Crippen molar-refractivity contribution in [3.05, 3.63) is 23.2 Å². The zero-order valence-electron chi connectivity index (χ0n) is 11.7. The fraction of sp³-hybridized carbons (Fsp3) is 0.500. The van der Waals surface area contributed by atoms with E-state index in [1.807, 2.05) is 6.07 Å². The molecule has 0 atom stereocenters. The second-order valence-corrected chi connectivity index (χ2v) is 5.65. The molecule has 0 saturated heterocycles. The molecule has 0 spiro atoms. The van der Waals surface area contributed by atoms with Crippen molar-refractivity contribution in [2.24, 2.45) is 0 Å². The monoisotopic (exact) mass is 307 g/mol. The van der Waals surface area contributed by atoms with Crippen molar-refractivity contribution in [2.75, 3.05) is 12.3 Å². The van der Waals surface area contributed by atoms with Crippen LogP contribution in [0.2, 0.25) is 5.02 Å². The highest BCUT2D eigenvalue weighted by Crippen LogP contribution is 2.25. The maximum Gasteiger partial charge on any atom is 0.182 e. The van der Waals surface area contributed by atoms with Crippen LogP contribution in [-0.2, 0) is 11.3 Å². The van der Waals surface area contributed by atoms with Crippen molar-refractivity contribution in [1.82, 2.24) is 20.2 Å². The van der Waals surface area contributed by atoms with Gasteiger partial charge in [-0.05, 0) is 41.5 Å². The van der Waals surface area contributed by atoms with E-state index in [2.05, 4.69) is 15.5 Å². The van der Waals surface area contributed by atoms with Gasteiger partial charge in [-0.25, -0.2) is 4.68 Å². The summed E-state index contributed by atoms with van der Waals surface area (Å²) >= 11 is 6.05. The van der Waals surface area contributed by atoms with Crippen LogP contribution in [0.3, 0.4) is 0 Å². The zero-order valence-corrected chi connectivity index (χ0v) is 12.5. The van der Waals surface area contributed by atoms with Crippen LogP contribution >= 0.6 is 11.6 Å². The van der Waals surface area contributed by atoms with Gasteiger partial charge in [0.25, 0.3) is 0 Å². The molecule has 1 aliphatic rings. The van der Waals surface area contributed by atoms with Crippen molar-refractivity contribution in [2.45, 2.75) is 38.3 Å². The van der Waals surface area contributed by atoms with Gasteiger partial charge in [0.1, 0.15) is 0 Å². The fourth-order valence-corrected chi connectivity index (χ4v) is 2.77. The summed E-state index contributed by atoms with van der Waals surface area (Å²) in [6, 6.07) is 5.39. The maximum atomic E-state index is 6.05. The molecule has 0 aliphatic heterocycles. The van der Waals surface area contributed by atoms with Gasteiger partial charge in [0.2, 0.25) is 0 Å². The quantitative estimate of drug-likeness (QED) is 0.859. The molecule has 21 heavy (non-hydrogen) atoms. The van der Waals surface area contributed by atoms with Crippen molar-refractivity contribution in [3.63, 3.8) is 0 Å². The molecule has 7 heteroatoms. The number of hydrogen-bond acceptors (Lipinski definition) is 5. The van der Waals surface area contributed by atoms with Crippen molar-refractivity contribution in [1.29, 1.82) is 0 Å². The summed E-state index contributed by atoms with van der Waals surface area (Å²) < 4.78 is 7.58. The third kappa shape index (κ3) is 3.33. The molecule has 0 amide bonds. The Morgan fingerprint density at radius 2 is 2.14 bits per heavy atom. The molecule has 6 nitrogen and oxygen atoms in total. The lowest BCUT2D eigenvalue weighted by atomic mass is 10.2. The number of aromatic nitrogens is 4. The van der Waals surface area contributed by atoms with Crippen molar-refractivity contribution < 1.29 is 4.74 Å². The van der Waals surface area contributed by atoms with E-state index < -0.39 is 0 Å². The number of anilines is 1. The molecule has 1 aliphatic carbocycles. The van der Waals surface area contributed by atoms with Gasteiger partial charge >= 0.3 is 0 Å². The first-order valence-corrected chi connectivity index (χ1v) is 7.55. The first-order chi connectivity index (χ1) is 10.2. The first-order valence-electron chi connectivity index (χ1n) is 7.17. The number of tetrazole rings is 1. The van der Waals surface area contributed by atoms with Crippen LogP contribution in [0.25, 0.3) is 11.4 Å². The molecule has 2 aromatic rings. The largest absolute Gasteiger partial charge is 0.398 e. The molecule has 1 saturated carbocycles. The van der Waals surface area contributed by atoms with Gasteiger partial charge in [-0.15, -0.1) is 5.10 Å². The highest BCUT2D eigenvalue weighted by molar-refractivity contribution is 6.33. The third-order valence-electron chi connectivity index (χ3n) is 3.75. The lowest BCUT2D eigenvalue weighted by Crippen LogP contribution is -2.14. The summed E-state index contributed by atoms with van der Waals surface area (Å²) in [5.74, 6) is 0.673. The average molecular weight is 308 g/mol.